The molecule has 2 aliphatic rings. The Morgan fingerprint density at radius 3 is 2.62 bits per heavy atom. The lowest BCUT2D eigenvalue weighted by Gasteiger charge is -2.50. The predicted molar refractivity (Wildman–Crippen MR) is 80.9 cm³/mol. The highest BCUT2D eigenvalue weighted by atomic mass is 32.2. The summed E-state index contributed by atoms with van der Waals surface area (Å²) in [5, 5.41) is 0. The summed E-state index contributed by atoms with van der Waals surface area (Å²) in [6, 6.07) is 0. The lowest BCUT2D eigenvalue weighted by molar-refractivity contribution is -0.138. The van der Waals surface area contributed by atoms with Crippen LogP contribution in [0.2, 0.25) is 0 Å². The van der Waals surface area contributed by atoms with Crippen molar-refractivity contribution in [3.8, 4) is 0 Å². The molecule has 1 atom stereocenters. The summed E-state index contributed by atoms with van der Waals surface area (Å²) >= 11 is 0. The summed E-state index contributed by atoms with van der Waals surface area (Å²) in [6.45, 7) is 4.37. The molecule has 1 amide bonds. The van der Waals surface area contributed by atoms with Gasteiger partial charge in [-0.25, -0.2) is 8.42 Å². The summed E-state index contributed by atoms with van der Waals surface area (Å²) in [7, 11) is 0.731. The fourth-order valence-electron chi connectivity index (χ4n) is 3.22. The minimum atomic E-state index is -3.11. The highest BCUT2D eigenvalue weighted by molar-refractivity contribution is 7.93. The third kappa shape index (κ3) is 3.10. The molecule has 0 aromatic rings. The Morgan fingerprint density at radius 2 is 2.05 bits per heavy atom. The molecule has 0 bridgehead atoms. The van der Waals surface area contributed by atoms with Gasteiger partial charge in [-0.2, -0.15) is 0 Å². The van der Waals surface area contributed by atoms with Gasteiger partial charge in [0.1, 0.15) is 4.75 Å². The number of sulfone groups is 1. The quantitative estimate of drug-likeness (QED) is 0.689. The van der Waals surface area contributed by atoms with Crippen LogP contribution >= 0.6 is 0 Å². The molecule has 0 saturated carbocycles. The molecule has 6 nitrogen and oxygen atoms in total. The maximum absolute atomic E-state index is 12.4. The van der Waals surface area contributed by atoms with Gasteiger partial charge in [-0.3, -0.25) is 4.79 Å². The standard InChI is InChI=1S/C14H26N2O4S/c1-4-20-9-12-6-8-21(18,19)14(12)10-16(11-14)13(17)5-7-15(2)3/h12H,4-11H2,1-3H3/t12-/m1/s1. The minimum absolute atomic E-state index is 0.0281. The zero-order chi connectivity index (χ0) is 15.7. The fraction of sp³-hybridized carbons (Fsp3) is 0.929. The molecule has 0 aromatic heterocycles. The number of nitrogens with zero attached hydrogens (tertiary/aromatic N) is 2. The Kier molecular flexibility index (Phi) is 4.95. The topological polar surface area (TPSA) is 66.9 Å². The summed E-state index contributed by atoms with van der Waals surface area (Å²) in [5.74, 6) is 0.303. The Hall–Kier alpha value is -0.660. The number of carbonyl (C=O) groups excluding carboxylic acids is 1. The third-order valence-electron chi connectivity index (χ3n) is 4.66. The van der Waals surface area contributed by atoms with Crippen molar-refractivity contribution < 1.29 is 17.9 Å². The van der Waals surface area contributed by atoms with Crippen LogP contribution in [-0.4, -0.2) is 81.6 Å². The number of rotatable bonds is 6. The Balaban J connectivity index is 1.98. The van der Waals surface area contributed by atoms with E-state index in [1.807, 2.05) is 25.9 Å². The van der Waals surface area contributed by atoms with E-state index in [2.05, 4.69) is 0 Å². The highest BCUT2D eigenvalue weighted by Gasteiger charge is 2.62. The fourth-order valence-corrected chi connectivity index (χ4v) is 5.62. The van der Waals surface area contributed by atoms with E-state index >= 15 is 0 Å². The van der Waals surface area contributed by atoms with Gasteiger partial charge in [0.05, 0.1) is 12.4 Å². The SMILES string of the molecule is CCOC[C@H]1CCS(=O)(=O)C12CN(C(=O)CCN(C)C)C2. The molecule has 0 N–H and O–H groups in total. The van der Waals surface area contributed by atoms with E-state index in [1.165, 1.54) is 0 Å². The van der Waals surface area contributed by atoms with Crippen molar-refractivity contribution in [2.75, 3.05) is 52.7 Å². The second-order valence-corrected chi connectivity index (χ2v) is 8.78. The average Bonchev–Trinajstić information content (AvgIpc) is 2.62. The number of hydrogen-bond donors (Lipinski definition) is 0. The molecule has 7 heteroatoms. The van der Waals surface area contributed by atoms with Gasteiger partial charge in [0.15, 0.2) is 9.84 Å². The van der Waals surface area contributed by atoms with Crippen molar-refractivity contribution in [1.82, 2.24) is 9.80 Å². The zero-order valence-corrected chi connectivity index (χ0v) is 14.0. The van der Waals surface area contributed by atoms with Gasteiger partial charge in [0.25, 0.3) is 0 Å². The summed E-state index contributed by atoms with van der Waals surface area (Å²) in [6.07, 6.45) is 1.10. The van der Waals surface area contributed by atoms with E-state index in [0.717, 1.165) is 0 Å². The molecule has 2 saturated heterocycles. The molecule has 2 heterocycles. The van der Waals surface area contributed by atoms with Crippen LogP contribution in [0.3, 0.4) is 0 Å². The van der Waals surface area contributed by atoms with E-state index < -0.39 is 14.6 Å². The molecular formula is C14H26N2O4S. The first kappa shape index (κ1) is 16.7. The second kappa shape index (κ2) is 6.22. The van der Waals surface area contributed by atoms with E-state index in [4.69, 9.17) is 4.74 Å². The number of amides is 1. The van der Waals surface area contributed by atoms with Gasteiger partial charge < -0.3 is 14.5 Å². The monoisotopic (exact) mass is 318 g/mol. The first-order valence-corrected chi connectivity index (χ1v) is 9.20. The molecule has 1 spiro atoms. The molecular weight excluding hydrogens is 292 g/mol. The van der Waals surface area contributed by atoms with Crippen molar-refractivity contribution in [3.05, 3.63) is 0 Å². The minimum Gasteiger partial charge on any atom is -0.381 e. The van der Waals surface area contributed by atoms with E-state index in [1.54, 1.807) is 4.90 Å². The Labute approximate surface area is 127 Å². The molecule has 0 aromatic carbocycles. The largest absolute Gasteiger partial charge is 0.381 e. The van der Waals surface area contributed by atoms with Gasteiger partial charge >= 0.3 is 0 Å². The van der Waals surface area contributed by atoms with Crippen LogP contribution in [0.25, 0.3) is 0 Å². The lowest BCUT2D eigenvalue weighted by Crippen LogP contribution is -2.68. The Bertz CT molecular complexity index is 483. The molecule has 122 valence electrons. The summed E-state index contributed by atoms with van der Waals surface area (Å²) in [5.41, 5.74) is 0. The van der Waals surface area contributed by atoms with Crippen LogP contribution in [0.15, 0.2) is 0 Å². The molecule has 2 aliphatic heterocycles. The van der Waals surface area contributed by atoms with Crippen LogP contribution in [0.4, 0.5) is 0 Å². The van der Waals surface area contributed by atoms with Crippen molar-refractivity contribution in [1.29, 1.82) is 0 Å². The normalized spacial score (nSPS) is 26.3. The summed E-state index contributed by atoms with van der Waals surface area (Å²) in [4.78, 5) is 15.7. The van der Waals surface area contributed by atoms with Crippen molar-refractivity contribution in [2.45, 2.75) is 24.5 Å². The van der Waals surface area contributed by atoms with Crippen LogP contribution in [-0.2, 0) is 19.4 Å². The smallest absolute Gasteiger partial charge is 0.223 e. The van der Waals surface area contributed by atoms with E-state index in [9.17, 15) is 13.2 Å². The second-order valence-electron chi connectivity index (χ2n) is 6.33. The number of ether oxygens (including phenoxy) is 1. The molecule has 0 radical (unpaired) electrons. The maximum atomic E-state index is 12.4. The van der Waals surface area contributed by atoms with Crippen LogP contribution in [0, 0.1) is 5.92 Å². The first-order chi connectivity index (χ1) is 9.82. The van der Waals surface area contributed by atoms with Crippen LogP contribution in [0.5, 0.6) is 0 Å². The average molecular weight is 318 g/mol. The van der Waals surface area contributed by atoms with E-state index in [-0.39, 0.29) is 17.6 Å². The first-order valence-electron chi connectivity index (χ1n) is 7.55. The van der Waals surface area contributed by atoms with Gasteiger partial charge in [0.2, 0.25) is 5.91 Å². The summed E-state index contributed by atoms with van der Waals surface area (Å²) < 4.78 is 29.4. The third-order valence-corrected chi connectivity index (χ3v) is 7.27. The van der Waals surface area contributed by atoms with Crippen molar-refractivity contribution >= 4 is 15.7 Å². The van der Waals surface area contributed by atoms with Crippen molar-refractivity contribution in [2.24, 2.45) is 5.92 Å². The van der Waals surface area contributed by atoms with Crippen LogP contribution < -0.4 is 0 Å². The number of likely N-dealkylation sites (tertiary alicyclic amines) is 1. The lowest BCUT2D eigenvalue weighted by atomic mass is 9.83. The number of hydrogen-bond acceptors (Lipinski definition) is 5. The predicted octanol–water partition coefficient (Wildman–Crippen LogP) is -0.00970. The maximum Gasteiger partial charge on any atom is 0.223 e. The zero-order valence-electron chi connectivity index (χ0n) is 13.2. The van der Waals surface area contributed by atoms with Gasteiger partial charge in [-0.15, -0.1) is 0 Å². The molecule has 0 aliphatic carbocycles. The molecule has 21 heavy (non-hydrogen) atoms. The van der Waals surface area contributed by atoms with Crippen molar-refractivity contribution in [3.63, 3.8) is 0 Å². The van der Waals surface area contributed by atoms with Gasteiger partial charge in [-0.1, -0.05) is 0 Å². The number of carbonyl (C=O) groups is 1. The Morgan fingerprint density at radius 1 is 1.38 bits per heavy atom. The van der Waals surface area contributed by atoms with Gasteiger partial charge in [-0.05, 0) is 27.4 Å². The van der Waals surface area contributed by atoms with Crippen LogP contribution in [0.1, 0.15) is 19.8 Å². The highest BCUT2D eigenvalue weighted by Crippen LogP contribution is 2.44. The molecule has 2 fully saturated rings. The molecule has 2 rings (SSSR count). The van der Waals surface area contributed by atoms with E-state index in [0.29, 0.717) is 45.7 Å². The molecule has 0 unspecified atom stereocenters. The van der Waals surface area contributed by atoms with Gasteiger partial charge in [0, 0.05) is 38.6 Å².